The molecule has 5 nitrogen and oxygen atoms in total. The van der Waals surface area contributed by atoms with Gasteiger partial charge in [0.15, 0.2) is 0 Å². The number of nitrogens with one attached hydrogen (secondary N) is 1. The smallest absolute Gasteiger partial charge is 0.255 e. The highest BCUT2D eigenvalue weighted by Gasteiger charge is 2.47. The first-order chi connectivity index (χ1) is 16.2. The third kappa shape index (κ3) is 4.28. The Hall–Kier alpha value is -3.47. The number of amides is 2. The number of hydrogen-bond acceptors (Lipinski definition) is 3. The fraction of sp³-hybridized carbons (Fsp3) is 0.321. The largest absolute Gasteiger partial charge is 0.355 e. The molecule has 2 aromatic carbocycles. The van der Waals surface area contributed by atoms with E-state index in [0.717, 1.165) is 43.4 Å². The van der Waals surface area contributed by atoms with Gasteiger partial charge in [-0.3, -0.25) is 14.6 Å². The predicted octanol–water partition coefficient (Wildman–Crippen LogP) is 4.66. The van der Waals surface area contributed by atoms with Gasteiger partial charge in [-0.05, 0) is 48.6 Å². The third-order valence-electron chi connectivity index (χ3n) is 6.92. The quantitative estimate of drug-likeness (QED) is 0.607. The molecular weight excluding hydrogens is 410 g/mol. The number of hydrogen-bond donors (Lipinski definition) is 1. The fourth-order valence-corrected chi connectivity index (χ4v) is 5.37. The Morgan fingerprint density at radius 2 is 1.67 bits per heavy atom. The average molecular weight is 440 g/mol. The second kappa shape index (κ2) is 9.57. The minimum Gasteiger partial charge on any atom is -0.355 e. The van der Waals surface area contributed by atoms with Crippen molar-refractivity contribution in [3.8, 4) is 0 Å². The second-order valence-corrected chi connectivity index (χ2v) is 8.94. The highest BCUT2D eigenvalue weighted by molar-refractivity contribution is 6.01. The van der Waals surface area contributed by atoms with Gasteiger partial charge in [0.25, 0.3) is 5.91 Å². The van der Waals surface area contributed by atoms with E-state index in [-0.39, 0.29) is 17.9 Å². The summed E-state index contributed by atoms with van der Waals surface area (Å²) >= 11 is 0. The second-order valence-electron chi connectivity index (χ2n) is 8.94. The monoisotopic (exact) mass is 439 g/mol. The van der Waals surface area contributed by atoms with Gasteiger partial charge < -0.3 is 10.2 Å². The van der Waals surface area contributed by atoms with Crippen LogP contribution < -0.4 is 5.32 Å². The SMILES string of the molecule is O=C(NCCc1ccccc1)[C@@H]1c2ccccc2C(=O)N(C2CCCC2)[C@H]1c1ccccn1. The summed E-state index contributed by atoms with van der Waals surface area (Å²) in [5.74, 6) is -0.531. The first-order valence-electron chi connectivity index (χ1n) is 11.9. The van der Waals surface area contributed by atoms with Crippen molar-refractivity contribution in [2.45, 2.75) is 50.1 Å². The Bertz CT molecular complexity index is 1110. The number of carbonyl (C=O) groups is 2. The van der Waals surface area contributed by atoms with Gasteiger partial charge >= 0.3 is 0 Å². The number of aromatic nitrogens is 1. The third-order valence-corrected chi connectivity index (χ3v) is 6.92. The lowest BCUT2D eigenvalue weighted by molar-refractivity contribution is -0.124. The molecule has 1 aliphatic carbocycles. The molecule has 0 saturated heterocycles. The molecule has 1 fully saturated rings. The number of benzene rings is 2. The van der Waals surface area contributed by atoms with Crippen molar-refractivity contribution in [3.63, 3.8) is 0 Å². The molecule has 1 aromatic heterocycles. The summed E-state index contributed by atoms with van der Waals surface area (Å²) in [6.45, 7) is 0.549. The first kappa shape index (κ1) is 21.4. The number of pyridine rings is 1. The van der Waals surface area contributed by atoms with Crippen LogP contribution in [-0.2, 0) is 11.2 Å². The number of carbonyl (C=O) groups excluding carboxylic acids is 2. The molecule has 1 N–H and O–H groups in total. The molecule has 0 spiro atoms. The van der Waals surface area contributed by atoms with Crippen molar-refractivity contribution in [1.82, 2.24) is 15.2 Å². The lowest BCUT2D eigenvalue weighted by Gasteiger charge is -2.44. The first-order valence-corrected chi connectivity index (χ1v) is 11.9. The highest BCUT2D eigenvalue weighted by Crippen LogP contribution is 2.45. The van der Waals surface area contributed by atoms with Crippen molar-refractivity contribution in [2.24, 2.45) is 0 Å². The van der Waals surface area contributed by atoms with Crippen LogP contribution in [0.15, 0.2) is 79.0 Å². The molecular formula is C28H29N3O2. The summed E-state index contributed by atoms with van der Waals surface area (Å²) < 4.78 is 0. The molecule has 2 aliphatic rings. The summed E-state index contributed by atoms with van der Waals surface area (Å²) in [5, 5.41) is 3.16. The molecule has 2 amide bonds. The van der Waals surface area contributed by atoms with E-state index in [1.54, 1.807) is 6.20 Å². The van der Waals surface area contributed by atoms with Crippen LogP contribution in [0.5, 0.6) is 0 Å². The van der Waals surface area contributed by atoms with Crippen molar-refractivity contribution in [2.75, 3.05) is 6.54 Å². The molecule has 1 saturated carbocycles. The molecule has 2 heterocycles. The van der Waals surface area contributed by atoms with Gasteiger partial charge in [-0.2, -0.15) is 0 Å². The van der Waals surface area contributed by atoms with Crippen LogP contribution in [0.4, 0.5) is 0 Å². The zero-order valence-corrected chi connectivity index (χ0v) is 18.7. The highest BCUT2D eigenvalue weighted by atomic mass is 16.2. The standard InChI is InChI=1S/C28H29N3O2/c32-27(30-19-17-20-10-2-1-3-11-20)25-22-14-6-7-15-23(22)28(33)31(21-12-4-5-13-21)26(25)24-16-8-9-18-29-24/h1-3,6-11,14-16,18,21,25-26H,4-5,12-13,17,19H2,(H,30,32)/t25-,26+/m1/s1. The van der Waals surface area contributed by atoms with E-state index < -0.39 is 12.0 Å². The average Bonchev–Trinajstić information content (AvgIpc) is 3.39. The lowest BCUT2D eigenvalue weighted by atomic mass is 9.79. The van der Waals surface area contributed by atoms with E-state index in [0.29, 0.717) is 12.1 Å². The van der Waals surface area contributed by atoms with Crippen LogP contribution in [0.25, 0.3) is 0 Å². The molecule has 2 atom stereocenters. The molecule has 0 unspecified atom stereocenters. The van der Waals surface area contributed by atoms with Crippen molar-refractivity contribution in [1.29, 1.82) is 0 Å². The minimum atomic E-state index is -0.495. The van der Waals surface area contributed by atoms with Gasteiger partial charge in [0, 0.05) is 24.3 Å². The van der Waals surface area contributed by atoms with Gasteiger partial charge in [-0.15, -0.1) is 0 Å². The van der Waals surface area contributed by atoms with Crippen LogP contribution in [0.2, 0.25) is 0 Å². The fourth-order valence-electron chi connectivity index (χ4n) is 5.37. The normalized spacial score (nSPS) is 20.5. The maximum Gasteiger partial charge on any atom is 0.255 e. The van der Waals surface area contributed by atoms with E-state index >= 15 is 0 Å². The summed E-state index contributed by atoms with van der Waals surface area (Å²) in [6.07, 6.45) is 6.68. The molecule has 0 radical (unpaired) electrons. The van der Waals surface area contributed by atoms with E-state index in [9.17, 15) is 9.59 Å². The van der Waals surface area contributed by atoms with Crippen molar-refractivity contribution >= 4 is 11.8 Å². The Balaban J connectivity index is 1.51. The van der Waals surface area contributed by atoms with Gasteiger partial charge in [-0.25, -0.2) is 0 Å². The Kier molecular flexibility index (Phi) is 6.20. The maximum absolute atomic E-state index is 13.7. The number of rotatable bonds is 6. The van der Waals surface area contributed by atoms with Gasteiger partial charge in [0.1, 0.15) is 0 Å². The van der Waals surface area contributed by atoms with E-state index in [1.807, 2.05) is 65.6 Å². The summed E-state index contributed by atoms with van der Waals surface area (Å²) in [4.78, 5) is 34.0. The topological polar surface area (TPSA) is 62.3 Å². The van der Waals surface area contributed by atoms with Crippen LogP contribution in [0.3, 0.4) is 0 Å². The summed E-state index contributed by atoms with van der Waals surface area (Å²) in [7, 11) is 0. The van der Waals surface area contributed by atoms with Crippen LogP contribution >= 0.6 is 0 Å². The molecule has 1 aliphatic heterocycles. The van der Waals surface area contributed by atoms with E-state index in [2.05, 4.69) is 22.4 Å². The van der Waals surface area contributed by atoms with Crippen LogP contribution in [0, 0.1) is 0 Å². The molecule has 0 bridgehead atoms. The molecule has 5 heteroatoms. The molecule has 3 aromatic rings. The van der Waals surface area contributed by atoms with E-state index in [4.69, 9.17) is 0 Å². The van der Waals surface area contributed by atoms with Gasteiger partial charge in [0.05, 0.1) is 17.7 Å². The molecule has 5 rings (SSSR count). The zero-order chi connectivity index (χ0) is 22.6. The molecule has 168 valence electrons. The van der Waals surface area contributed by atoms with Crippen molar-refractivity contribution < 1.29 is 9.59 Å². The zero-order valence-electron chi connectivity index (χ0n) is 18.7. The van der Waals surface area contributed by atoms with Gasteiger partial charge in [0.2, 0.25) is 5.91 Å². The lowest BCUT2D eigenvalue weighted by Crippen LogP contribution is -2.51. The maximum atomic E-state index is 13.7. The number of nitrogens with zero attached hydrogens (tertiary/aromatic N) is 2. The Morgan fingerprint density at radius 3 is 2.42 bits per heavy atom. The molecule has 33 heavy (non-hydrogen) atoms. The van der Waals surface area contributed by atoms with E-state index in [1.165, 1.54) is 5.56 Å². The van der Waals surface area contributed by atoms with Crippen LogP contribution in [0.1, 0.15) is 64.8 Å². The summed E-state index contributed by atoms with van der Waals surface area (Å²) in [6, 6.07) is 23.2. The number of fused-ring (bicyclic) bond motifs is 1. The minimum absolute atomic E-state index is 0.0153. The van der Waals surface area contributed by atoms with Gasteiger partial charge in [-0.1, -0.05) is 67.4 Å². The van der Waals surface area contributed by atoms with Crippen LogP contribution in [-0.4, -0.2) is 34.3 Å². The van der Waals surface area contributed by atoms with Crippen molar-refractivity contribution in [3.05, 3.63) is 101 Å². The summed E-state index contributed by atoms with van der Waals surface area (Å²) in [5.41, 5.74) is 3.39. The predicted molar refractivity (Wildman–Crippen MR) is 128 cm³/mol. The Labute approximate surface area is 194 Å². The Morgan fingerprint density at radius 1 is 0.939 bits per heavy atom.